The number of hydrogen-bond donors (Lipinski definition) is 2. The van der Waals surface area contributed by atoms with Crippen LogP contribution in [0, 0.1) is 11.3 Å². The molecule has 0 aliphatic rings. The summed E-state index contributed by atoms with van der Waals surface area (Å²) < 4.78 is 13.1. The number of aliphatic hydroxyl groups is 2. The molecule has 0 aliphatic carbocycles. The minimum atomic E-state index is -2.41. The second-order valence-corrected chi connectivity index (χ2v) is 18.8. The molecule has 234 valence electrons. The highest BCUT2D eigenvalue weighted by Crippen LogP contribution is 2.41. The minimum Gasteiger partial charge on any atom is -0.456 e. The Labute approximate surface area is 256 Å². The van der Waals surface area contributed by atoms with Crippen LogP contribution in [0.3, 0.4) is 0 Å². The predicted octanol–water partition coefficient (Wildman–Crippen LogP) is 8.27. The molecule has 0 bridgehead atoms. The Kier molecular flexibility index (Phi) is 12.4. The fourth-order valence-electron chi connectivity index (χ4n) is 4.95. The fourth-order valence-corrected chi connectivity index (χ4v) is 6.17. The summed E-state index contributed by atoms with van der Waals surface area (Å²) in [5.41, 5.74) is 2.80. The van der Waals surface area contributed by atoms with Gasteiger partial charge in [0.2, 0.25) is 0 Å². The molecule has 0 radical (unpaired) electrons. The predicted molar refractivity (Wildman–Crippen MR) is 176 cm³/mol. The van der Waals surface area contributed by atoms with E-state index in [-0.39, 0.29) is 16.9 Å². The largest absolute Gasteiger partial charge is 0.456 e. The average Bonchev–Trinajstić information content (AvgIpc) is 2.94. The van der Waals surface area contributed by atoms with E-state index in [1.165, 1.54) is 0 Å². The Balaban J connectivity index is 2.51. The minimum absolute atomic E-state index is 0.121. The van der Waals surface area contributed by atoms with Crippen molar-refractivity contribution in [2.24, 2.45) is 11.3 Å². The number of hydrogen-bond acceptors (Lipinski definition) is 5. The van der Waals surface area contributed by atoms with Crippen LogP contribution in [0.1, 0.15) is 92.7 Å². The zero-order chi connectivity index (χ0) is 32.0. The molecule has 0 heterocycles. The monoisotopic (exact) mass is 596 g/mol. The van der Waals surface area contributed by atoms with Crippen molar-refractivity contribution in [3.8, 4) is 0 Å². The molecule has 0 aromatic heterocycles. The van der Waals surface area contributed by atoms with Gasteiger partial charge in [-0.15, -0.1) is 0 Å². The first kappa shape index (κ1) is 35.9. The van der Waals surface area contributed by atoms with Crippen molar-refractivity contribution in [1.29, 1.82) is 0 Å². The summed E-state index contributed by atoms with van der Waals surface area (Å²) in [5.74, 6) is -0.589. The lowest BCUT2D eigenvalue weighted by atomic mass is 9.71. The Morgan fingerprint density at radius 2 is 1.29 bits per heavy atom. The van der Waals surface area contributed by atoms with Crippen LogP contribution in [-0.2, 0) is 14.0 Å². The summed E-state index contributed by atoms with van der Waals surface area (Å²) in [7, 11) is -2.41. The van der Waals surface area contributed by atoms with Crippen molar-refractivity contribution in [3.63, 3.8) is 0 Å². The van der Waals surface area contributed by atoms with Crippen LogP contribution in [0.25, 0.3) is 0 Å². The molecule has 0 spiro atoms. The summed E-state index contributed by atoms with van der Waals surface area (Å²) in [5, 5.41) is 22.2. The van der Waals surface area contributed by atoms with E-state index in [4.69, 9.17) is 9.16 Å². The molecular formula is C36H56O5Si. The first-order valence-corrected chi connectivity index (χ1v) is 18.3. The summed E-state index contributed by atoms with van der Waals surface area (Å²) in [6, 6.07) is 20.0. The first-order valence-electron chi connectivity index (χ1n) is 15.4. The lowest BCUT2D eigenvalue weighted by molar-refractivity contribution is -0.156. The molecule has 0 aliphatic heterocycles. The zero-order valence-electron chi connectivity index (χ0n) is 28.1. The molecule has 0 amide bonds. The quantitative estimate of drug-likeness (QED) is 0.138. The summed E-state index contributed by atoms with van der Waals surface area (Å²) >= 11 is 0. The van der Waals surface area contributed by atoms with Crippen molar-refractivity contribution in [2.45, 2.75) is 124 Å². The van der Waals surface area contributed by atoms with E-state index in [1.54, 1.807) is 6.92 Å². The molecule has 2 N–H and O–H groups in total. The zero-order valence-corrected chi connectivity index (χ0v) is 29.1. The molecule has 0 saturated heterocycles. The molecule has 5 nitrogen and oxygen atoms in total. The summed E-state index contributed by atoms with van der Waals surface area (Å²) in [6.45, 7) is 24.4. The van der Waals surface area contributed by atoms with Gasteiger partial charge in [-0.3, -0.25) is 0 Å². The van der Waals surface area contributed by atoms with Gasteiger partial charge in [0.25, 0.3) is 0 Å². The van der Waals surface area contributed by atoms with Gasteiger partial charge in [0, 0.05) is 5.92 Å². The van der Waals surface area contributed by atoms with Gasteiger partial charge in [-0.2, -0.15) is 0 Å². The molecule has 2 aromatic carbocycles. The summed E-state index contributed by atoms with van der Waals surface area (Å²) in [6.07, 6.45) is -2.63. The Bertz CT molecular complexity index is 1130. The molecule has 2 rings (SSSR count). The third-order valence-electron chi connectivity index (χ3n) is 9.99. The molecule has 5 atom stereocenters. The van der Waals surface area contributed by atoms with Gasteiger partial charge in [0.15, 0.2) is 14.4 Å². The third kappa shape index (κ3) is 8.43. The number of carbonyl (C=O) groups is 1. The highest BCUT2D eigenvalue weighted by Gasteiger charge is 2.45. The van der Waals surface area contributed by atoms with Crippen LogP contribution in [0.5, 0.6) is 0 Å². The first-order chi connectivity index (χ1) is 19.4. The number of esters is 1. The van der Waals surface area contributed by atoms with Gasteiger partial charge in [-0.05, 0) is 72.5 Å². The lowest BCUT2D eigenvalue weighted by Crippen LogP contribution is -2.49. The maximum Gasteiger partial charge on any atom is 0.335 e. The van der Waals surface area contributed by atoms with Crippen LogP contribution in [-0.4, -0.2) is 48.9 Å². The smallest absolute Gasteiger partial charge is 0.335 e. The normalized spacial score (nSPS) is 17.2. The molecule has 2 aromatic rings. The highest BCUT2D eigenvalue weighted by atomic mass is 28.4. The highest BCUT2D eigenvalue weighted by molar-refractivity contribution is 6.74. The van der Waals surface area contributed by atoms with E-state index < -0.39 is 44.1 Å². The topological polar surface area (TPSA) is 76.0 Å². The van der Waals surface area contributed by atoms with Crippen molar-refractivity contribution in [1.82, 2.24) is 0 Å². The average molecular weight is 597 g/mol. The molecule has 1 unspecified atom stereocenters. The van der Waals surface area contributed by atoms with E-state index in [0.29, 0.717) is 5.57 Å². The van der Waals surface area contributed by atoms with Crippen molar-refractivity contribution in [2.75, 3.05) is 0 Å². The fraction of sp³-hybridized carbons (Fsp3) is 0.583. The van der Waals surface area contributed by atoms with Crippen LogP contribution >= 0.6 is 0 Å². The van der Waals surface area contributed by atoms with Gasteiger partial charge >= 0.3 is 5.97 Å². The van der Waals surface area contributed by atoms with E-state index in [1.807, 2.05) is 88.4 Å². The maximum absolute atomic E-state index is 14.2. The van der Waals surface area contributed by atoms with Gasteiger partial charge in [0.1, 0.15) is 12.2 Å². The summed E-state index contributed by atoms with van der Waals surface area (Å²) in [4.78, 5) is 14.2. The number of benzene rings is 2. The number of carbonyl (C=O) groups excluding carboxylic acids is 1. The SMILES string of the molecule is CC[C@H](C)C(C)(C)[C@@H](O)[C@@H](O)/C(C)=C(\C)C(C)OC(=O)[C@H](O[Si](C)(C)C(C)(C)C)C(c1ccccc1)c1ccccc1. The molecule has 6 heteroatoms. The lowest BCUT2D eigenvalue weighted by Gasteiger charge is -2.41. The van der Waals surface area contributed by atoms with Crippen molar-refractivity contribution >= 4 is 14.3 Å². The maximum atomic E-state index is 14.2. The van der Waals surface area contributed by atoms with E-state index >= 15 is 0 Å². The Hall–Kier alpha value is -2.25. The molecule has 0 fully saturated rings. The number of rotatable bonds is 13. The standard InChI is InChI=1S/C36H56O5Si/c1-13-24(2)36(9,10)33(38)31(37)26(4)25(3)27(5)40-34(39)32(41-42(11,12)35(6,7)8)30(28-20-16-14-17-21-28)29-22-18-15-19-23-29/h14-24,27,30-33,37-38H,13H2,1-12H3/b26-25+/t24-,27?,31-,32+,33-/m0/s1. The molecular weight excluding hydrogens is 540 g/mol. The van der Waals surface area contributed by atoms with Gasteiger partial charge in [-0.1, -0.05) is 116 Å². The number of aliphatic hydroxyl groups excluding tert-OH is 2. The second kappa shape index (κ2) is 14.5. The van der Waals surface area contributed by atoms with Crippen molar-refractivity contribution < 1.29 is 24.2 Å². The van der Waals surface area contributed by atoms with Crippen LogP contribution < -0.4 is 0 Å². The number of ether oxygens (including phenoxy) is 1. The Morgan fingerprint density at radius 3 is 1.69 bits per heavy atom. The second-order valence-electron chi connectivity index (χ2n) is 14.1. The van der Waals surface area contributed by atoms with Crippen molar-refractivity contribution in [3.05, 3.63) is 82.9 Å². The van der Waals surface area contributed by atoms with Gasteiger partial charge in [-0.25, -0.2) is 4.79 Å². The van der Waals surface area contributed by atoms with Gasteiger partial charge < -0.3 is 19.4 Å². The van der Waals surface area contributed by atoms with Gasteiger partial charge in [0.05, 0.1) is 6.10 Å². The van der Waals surface area contributed by atoms with E-state index in [9.17, 15) is 15.0 Å². The van der Waals surface area contributed by atoms with Crippen LogP contribution in [0.15, 0.2) is 71.8 Å². The van der Waals surface area contributed by atoms with E-state index in [0.717, 1.165) is 23.1 Å². The Morgan fingerprint density at radius 1 is 0.833 bits per heavy atom. The molecule has 42 heavy (non-hydrogen) atoms. The van der Waals surface area contributed by atoms with E-state index in [2.05, 4.69) is 47.7 Å². The van der Waals surface area contributed by atoms with Crippen LogP contribution in [0.4, 0.5) is 0 Å². The van der Waals surface area contributed by atoms with Crippen LogP contribution in [0.2, 0.25) is 18.1 Å². The molecule has 0 saturated carbocycles. The third-order valence-corrected chi connectivity index (χ3v) is 14.4.